The molecule has 170 valence electrons. The molecule has 0 saturated heterocycles. The predicted octanol–water partition coefficient (Wildman–Crippen LogP) is 4.87. The number of amides is 1. The van der Waals surface area contributed by atoms with Gasteiger partial charge in [0.2, 0.25) is 5.91 Å². The minimum absolute atomic E-state index is 0.0910. The third-order valence-electron chi connectivity index (χ3n) is 4.71. The number of carbonyl (C=O) groups excluding carboxylic acids is 1. The fraction of sp³-hybridized carbons (Fsp3) is 0.240. The van der Waals surface area contributed by atoms with Crippen LogP contribution in [0.15, 0.2) is 54.6 Å². The molecule has 2 aromatic carbocycles. The Balaban J connectivity index is 1.82. The molecule has 33 heavy (non-hydrogen) atoms. The molecule has 0 aliphatic heterocycles. The number of nitrogens with zero attached hydrogens (tertiary/aromatic N) is 3. The van der Waals surface area contributed by atoms with Crippen LogP contribution in [0.4, 0.5) is 10.2 Å². The first kappa shape index (κ1) is 23.5. The maximum Gasteiger partial charge on any atom is 0.249 e. The van der Waals surface area contributed by atoms with Crippen molar-refractivity contribution in [3.8, 4) is 23.3 Å². The van der Waals surface area contributed by atoms with Gasteiger partial charge < -0.3 is 14.8 Å². The summed E-state index contributed by atoms with van der Waals surface area (Å²) in [5.74, 6) is 0.659. The van der Waals surface area contributed by atoms with Gasteiger partial charge in [0.1, 0.15) is 17.7 Å². The highest BCUT2D eigenvalue weighted by atomic mass is 19.1. The van der Waals surface area contributed by atoms with Gasteiger partial charge in [-0.1, -0.05) is 26.8 Å². The van der Waals surface area contributed by atoms with Crippen LogP contribution in [-0.2, 0) is 10.2 Å². The van der Waals surface area contributed by atoms with E-state index in [1.165, 1.54) is 25.3 Å². The largest absolute Gasteiger partial charge is 0.493 e. The van der Waals surface area contributed by atoms with Crippen LogP contribution < -0.4 is 14.8 Å². The highest BCUT2D eigenvalue weighted by Gasteiger charge is 2.21. The number of hydrogen-bond donors (Lipinski definition) is 1. The number of aromatic nitrogens is 2. The number of methoxy groups -OCH3 is 1. The van der Waals surface area contributed by atoms with E-state index >= 15 is 0 Å². The van der Waals surface area contributed by atoms with Gasteiger partial charge in [0.05, 0.1) is 18.5 Å². The second kappa shape index (κ2) is 10.0. The number of nitriles is 1. The van der Waals surface area contributed by atoms with Gasteiger partial charge in [-0.05, 0) is 48.0 Å². The number of rotatable bonds is 7. The Morgan fingerprint density at radius 2 is 1.91 bits per heavy atom. The van der Waals surface area contributed by atoms with E-state index in [1.54, 1.807) is 47.2 Å². The van der Waals surface area contributed by atoms with Gasteiger partial charge in [-0.25, -0.2) is 9.07 Å². The van der Waals surface area contributed by atoms with E-state index in [4.69, 9.17) is 14.7 Å². The molecule has 1 heterocycles. The van der Waals surface area contributed by atoms with Crippen LogP contribution >= 0.6 is 0 Å². The van der Waals surface area contributed by atoms with Gasteiger partial charge in [-0.2, -0.15) is 10.4 Å². The molecule has 3 aromatic rings. The van der Waals surface area contributed by atoms with Gasteiger partial charge in [0.15, 0.2) is 18.1 Å². The van der Waals surface area contributed by atoms with Crippen molar-refractivity contribution in [3.63, 3.8) is 0 Å². The van der Waals surface area contributed by atoms with Crippen molar-refractivity contribution in [3.05, 3.63) is 71.7 Å². The Morgan fingerprint density at radius 1 is 1.18 bits per heavy atom. The predicted molar refractivity (Wildman–Crippen MR) is 124 cm³/mol. The summed E-state index contributed by atoms with van der Waals surface area (Å²) in [7, 11) is 1.50. The monoisotopic (exact) mass is 448 g/mol. The van der Waals surface area contributed by atoms with Crippen LogP contribution in [-0.4, -0.2) is 29.4 Å². The van der Waals surface area contributed by atoms with Crippen molar-refractivity contribution in [2.24, 2.45) is 0 Å². The van der Waals surface area contributed by atoms with E-state index in [-0.39, 0.29) is 23.7 Å². The van der Waals surface area contributed by atoms with E-state index in [9.17, 15) is 9.18 Å². The van der Waals surface area contributed by atoms with E-state index in [0.717, 1.165) is 5.69 Å². The summed E-state index contributed by atoms with van der Waals surface area (Å²) >= 11 is 0. The molecular formula is C25H25FN4O3. The minimum Gasteiger partial charge on any atom is -0.493 e. The average molecular weight is 448 g/mol. The van der Waals surface area contributed by atoms with Crippen molar-refractivity contribution in [1.29, 1.82) is 5.26 Å². The first-order valence-electron chi connectivity index (χ1n) is 10.2. The van der Waals surface area contributed by atoms with Crippen LogP contribution in [0.3, 0.4) is 0 Å². The van der Waals surface area contributed by atoms with Crippen LogP contribution in [0.1, 0.15) is 32.0 Å². The topological polar surface area (TPSA) is 89.2 Å². The van der Waals surface area contributed by atoms with Gasteiger partial charge in [0, 0.05) is 17.6 Å². The summed E-state index contributed by atoms with van der Waals surface area (Å²) < 4.78 is 25.5. The Hall–Kier alpha value is -4.12. The molecule has 8 heteroatoms. The third-order valence-corrected chi connectivity index (χ3v) is 4.71. The summed E-state index contributed by atoms with van der Waals surface area (Å²) in [4.78, 5) is 12.7. The summed E-state index contributed by atoms with van der Waals surface area (Å²) in [6, 6.07) is 14.7. The third kappa shape index (κ3) is 5.98. The van der Waals surface area contributed by atoms with E-state index in [0.29, 0.717) is 28.6 Å². The number of ether oxygens (including phenoxy) is 2. The van der Waals surface area contributed by atoms with Crippen LogP contribution in [0.5, 0.6) is 11.5 Å². The van der Waals surface area contributed by atoms with Crippen LogP contribution in [0, 0.1) is 17.1 Å². The van der Waals surface area contributed by atoms with Crippen molar-refractivity contribution < 1.29 is 18.7 Å². The number of nitrogens with one attached hydrogen (secondary N) is 1. The molecule has 0 spiro atoms. The SMILES string of the molecule is COc1cc(/C=C/C(=O)Nc2cc(C(C)(C)C)nn2-c2ccc(F)cc2)ccc1OCC#N. The molecule has 0 bridgehead atoms. The van der Waals surface area contributed by atoms with Crippen molar-refractivity contribution in [1.82, 2.24) is 9.78 Å². The minimum atomic E-state index is -0.359. The van der Waals surface area contributed by atoms with Gasteiger partial charge in [-0.3, -0.25) is 4.79 Å². The Bertz CT molecular complexity index is 1200. The van der Waals surface area contributed by atoms with Gasteiger partial charge >= 0.3 is 0 Å². The lowest BCUT2D eigenvalue weighted by Gasteiger charge is -2.14. The second-order valence-electron chi connectivity index (χ2n) is 8.23. The molecule has 7 nitrogen and oxygen atoms in total. The molecule has 1 N–H and O–H groups in total. The molecule has 0 unspecified atom stereocenters. The summed E-state index contributed by atoms with van der Waals surface area (Å²) in [5, 5.41) is 16.1. The van der Waals surface area contributed by atoms with Gasteiger partial charge in [-0.15, -0.1) is 0 Å². The lowest BCUT2D eigenvalue weighted by atomic mass is 9.92. The summed E-state index contributed by atoms with van der Waals surface area (Å²) in [5.41, 5.74) is 1.88. The zero-order valence-corrected chi connectivity index (χ0v) is 18.9. The molecule has 3 rings (SSSR count). The molecule has 0 radical (unpaired) electrons. The number of carbonyl (C=O) groups is 1. The quantitative estimate of drug-likeness (QED) is 0.521. The molecule has 0 aliphatic rings. The highest BCUT2D eigenvalue weighted by Crippen LogP contribution is 2.29. The van der Waals surface area contributed by atoms with Crippen LogP contribution in [0.25, 0.3) is 11.8 Å². The zero-order valence-electron chi connectivity index (χ0n) is 18.9. The first-order chi connectivity index (χ1) is 15.7. The summed E-state index contributed by atoms with van der Waals surface area (Å²) in [6.07, 6.45) is 3.03. The van der Waals surface area contributed by atoms with Crippen molar-refractivity contribution in [2.45, 2.75) is 26.2 Å². The Kier molecular flexibility index (Phi) is 7.13. The van der Waals surface area contributed by atoms with Gasteiger partial charge in [0.25, 0.3) is 0 Å². The van der Waals surface area contributed by atoms with E-state index in [2.05, 4.69) is 10.4 Å². The number of anilines is 1. The summed E-state index contributed by atoms with van der Waals surface area (Å²) in [6.45, 7) is 5.97. The number of benzene rings is 2. The number of hydrogen-bond acceptors (Lipinski definition) is 5. The van der Waals surface area contributed by atoms with E-state index in [1.807, 2.05) is 26.8 Å². The second-order valence-corrected chi connectivity index (χ2v) is 8.23. The maximum atomic E-state index is 13.4. The molecular weight excluding hydrogens is 423 g/mol. The molecule has 0 aliphatic carbocycles. The smallest absolute Gasteiger partial charge is 0.249 e. The lowest BCUT2D eigenvalue weighted by Crippen LogP contribution is -2.13. The van der Waals surface area contributed by atoms with Crippen LogP contribution in [0.2, 0.25) is 0 Å². The molecule has 1 aromatic heterocycles. The van der Waals surface area contributed by atoms with Crippen molar-refractivity contribution >= 4 is 17.8 Å². The molecule has 1 amide bonds. The first-order valence-corrected chi connectivity index (χ1v) is 10.2. The molecule has 0 fully saturated rings. The highest BCUT2D eigenvalue weighted by molar-refractivity contribution is 6.01. The number of halogens is 1. The average Bonchev–Trinajstić information content (AvgIpc) is 3.21. The van der Waals surface area contributed by atoms with Crippen molar-refractivity contribution in [2.75, 3.05) is 19.0 Å². The lowest BCUT2D eigenvalue weighted by molar-refractivity contribution is -0.111. The standard InChI is InChI=1S/C25H25FN4O3/c1-25(2,3)22-16-23(30(29-22)19-9-7-18(26)8-10-19)28-24(31)12-6-17-5-11-20(33-14-13-27)21(15-17)32-4/h5-12,15-16H,14H2,1-4H3,(H,28,31)/b12-6+. The molecule has 0 saturated carbocycles. The maximum absolute atomic E-state index is 13.4. The fourth-order valence-electron chi connectivity index (χ4n) is 2.97. The normalized spacial score (nSPS) is 11.3. The Labute approximate surface area is 192 Å². The van der Waals surface area contributed by atoms with E-state index < -0.39 is 0 Å². The zero-order chi connectivity index (χ0) is 24.0. The molecule has 0 atom stereocenters. The fourth-order valence-corrected chi connectivity index (χ4v) is 2.97. The Morgan fingerprint density at radius 3 is 2.55 bits per heavy atom.